The van der Waals surface area contributed by atoms with Crippen LogP contribution in [0.5, 0.6) is 11.6 Å². The number of hydrogen-bond acceptors (Lipinski definition) is 5. The first kappa shape index (κ1) is 21.7. The number of pyridine rings is 2. The number of hydrogen-bond donors (Lipinski definition) is 1. The number of ether oxygens (including phenoxy) is 1. The van der Waals surface area contributed by atoms with Crippen LogP contribution in [0.2, 0.25) is 0 Å². The van der Waals surface area contributed by atoms with Gasteiger partial charge in [-0.05, 0) is 47.5 Å². The van der Waals surface area contributed by atoms with E-state index in [1.54, 1.807) is 18.7 Å². The maximum atomic E-state index is 6.24. The third kappa shape index (κ3) is 4.21. The Morgan fingerprint density at radius 2 is 1.61 bits per heavy atom. The molecule has 0 unspecified atom stereocenters. The fourth-order valence-electron chi connectivity index (χ4n) is 4.22. The first-order valence-corrected chi connectivity index (χ1v) is 11.7. The van der Waals surface area contributed by atoms with Crippen molar-refractivity contribution < 1.29 is 4.74 Å². The minimum absolute atomic E-state index is 0.507. The molecular formula is C30H23N5O. The molecule has 0 fully saturated rings. The third-order valence-corrected chi connectivity index (χ3v) is 6.11. The molecule has 3 aromatic carbocycles. The molecule has 0 amide bonds. The van der Waals surface area contributed by atoms with Gasteiger partial charge in [0.05, 0.1) is 22.9 Å². The molecule has 0 bridgehead atoms. The summed E-state index contributed by atoms with van der Waals surface area (Å²) in [7, 11) is 0. The van der Waals surface area contributed by atoms with Crippen molar-refractivity contribution in [3.63, 3.8) is 0 Å². The van der Waals surface area contributed by atoms with E-state index in [-0.39, 0.29) is 0 Å². The van der Waals surface area contributed by atoms with Gasteiger partial charge in [-0.1, -0.05) is 54.6 Å². The van der Waals surface area contributed by atoms with Crippen LogP contribution in [0, 0.1) is 0 Å². The molecule has 6 aromatic rings. The Morgan fingerprint density at radius 1 is 0.806 bits per heavy atom. The Bertz CT molecular complexity index is 1610. The van der Waals surface area contributed by atoms with Crippen LogP contribution in [0.1, 0.15) is 5.56 Å². The molecule has 6 heteroatoms. The van der Waals surface area contributed by atoms with Crippen molar-refractivity contribution in [2.24, 2.45) is 5.73 Å². The Morgan fingerprint density at radius 3 is 2.33 bits per heavy atom. The summed E-state index contributed by atoms with van der Waals surface area (Å²) in [6.45, 7) is 0.507. The maximum absolute atomic E-state index is 6.24. The van der Waals surface area contributed by atoms with Gasteiger partial charge in [-0.2, -0.15) is 0 Å². The third-order valence-electron chi connectivity index (χ3n) is 6.11. The van der Waals surface area contributed by atoms with Crippen LogP contribution >= 0.6 is 0 Å². The van der Waals surface area contributed by atoms with Crippen LogP contribution in [0.15, 0.2) is 116 Å². The second-order valence-corrected chi connectivity index (χ2v) is 8.40. The second kappa shape index (κ2) is 9.44. The van der Waals surface area contributed by atoms with Crippen molar-refractivity contribution in [3.8, 4) is 39.7 Å². The molecule has 0 radical (unpaired) electrons. The summed E-state index contributed by atoms with van der Waals surface area (Å²) >= 11 is 0. The van der Waals surface area contributed by atoms with Gasteiger partial charge in [0.15, 0.2) is 0 Å². The van der Waals surface area contributed by atoms with Gasteiger partial charge in [-0.25, -0.2) is 15.0 Å². The van der Waals surface area contributed by atoms with Gasteiger partial charge in [-0.3, -0.25) is 0 Å². The molecule has 0 spiro atoms. The highest BCUT2D eigenvalue weighted by atomic mass is 16.5. The van der Waals surface area contributed by atoms with Gasteiger partial charge in [0.1, 0.15) is 5.75 Å². The molecule has 0 aliphatic carbocycles. The predicted molar refractivity (Wildman–Crippen MR) is 142 cm³/mol. The fourth-order valence-corrected chi connectivity index (χ4v) is 4.22. The van der Waals surface area contributed by atoms with Gasteiger partial charge in [0, 0.05) is 41.9 Å². The van der Waals surface area contributed by atoms with Gasteiger partial charge in [-0.15, -0.1) is 0 Å². The fraction of sp³-hybridized carbons (Fsp3) is 0.0333. The zero-order chi connectivity index (χ0) is 24.3. The average molecular weight is 470 g/mol. The summed E-state index contributed by atoms with van der Waals surface area (Å²) in [6, 6.07) is 30.3. The number of nitrogens with two attached hydrogens (primary N) is 1. The number of nitrogens with zero attached hydrogens (tertiary/aromatic N) is 4. The van der Waals surface area contributed by atoms with E-state index in [1.807, 2.05) is 71.4 Å². The molecule has 0 atom stereocenters. The lowest BCUT2D eigenvalue weighted by molar-refractivity contribution is 0.469. The van der Waals surface area contributed by atoms with E-state index in [2.05, 4.69) is 40.3 Å². The van der Waals surface area contributed by atoms with Crippen molar-refractivity contribution in [2.75, 3.05) is 0 Å². The van der Waals surface area contributed by atoms with Gasteiger partial charge in [0.25, 0.3) is 0 Å². The zero-order valence-corrected chi connectivity index (χ0v) is 19.5. The first-order valence-electron chi connectivity index (χ1n) is 11.7. The first-order chi connectivity index (χ1) is 17.8. The molecule has 0 saturated heterocycles. The Kier molecular flexibility index (Phi) is 5.69. The highest BCUT2D eigenvalue weighted by Gasteiger charge is 2.15. The van der Waals surface area contributed by atoms with Crippen LogP contribution in [-0.4, -0.2) is 19.5 Å². The molecule has 0 aliphatic heterocycles. The van der Waals surface area contributed by atoms with Crippen LogP contribution in [-0.2, 0) is 6.54 Å². The van der Waals surface area contributed by atoms with E-state index in [1.165, 1.54) is 0 Å². The van der Waals surface area contributed by atoms with E-state index in [0.717, 1.165) is 44.5 Å². The summed E-state index contributed by atoms with van der Waals surface area (Å²) in [5.41, 5.74) is 12.7. The molecule has 3 heterocycles. The minimum atomic E-state index is 0.507. The van der Waals surface area contributed by atoms with Crippen molar-refractivity contribution in [1.29, 1.82) is 0 Å². The van der Waals surface area contributed by atoms with Crippen molar-refractivity contribution in [3.05, 3.63) is 121 Å². The summed E-state index contributed by atoms with van der Waals surface area (Å²) in [6.07, 6.45) is 7.15. The second-order valence-electron chi connectivity index (χ2n) is 8.40. The van der Waals surface area contributed by atoms with Gasteiger partial charge >= 0.3 is 0 Å². The number of rotatable bonds is 6. The Hall–Kier alpha value is -4.81. The zero-order valence-electron chi connectivity index (χ0n) is 19.5. The SMILES string of the molecule is NCc1ccc(-c2nc3ccnc(Oc4ccc(-n5ccnc5)cc4)c3cc2-c2ccccc2)cc1. The molecule has 0 aliphatic rings. The van der Waals surface area contributed by atoms with E-state index in [0.29, 0.717) is 18.2 Å². The van der Waals surface area contributed by atoms with Crippen LogP contribution < -0.4 is 10.5 Å². The smallest absolute Gasteiger partial charge is 0.228 e. The molecule has 6 rings (SSSR count). The summed E-state index contributed by atoms with van der Waals surface area (Å²) in [5, 5.41) is 0.845. The van der Waals surface area contributed by atoms with Gasteiger partial charge < -0.3 is 15.0 Å². The average Bonchev–Trinajstić information content (AvgIpc) is 3.49. The topological polar surface area (TPSA) is 78.9 Å². The lowest BCUT2D eigenvalue weighted by atomic mass is 9.97. The highest BCUT2D eigenvalue weighted by Crippen LogP contribution is 2.36. The number of aromatic nitrogens is 4. The standard InChI is InChI=1S/C30H23N5O/c31-19-21-6-8-23(9-7-21)29-26(22-4-2-1-3-5-22)18-27-28(34-29)14-15-33-30(27)36-25-12-10-24(11-13-25)35-17-16-32-20-35/h1-18,20H,19,31H2. The highest BCUT2D eigenvalue weighted by molar-refractivity contribution is 5.94. The van der Waals surface area contributed by atoms with E-state index >= 15 is 0 Å². The molecular weight excluding hydrogens is 446 g/mol. The van der Waals surface area contributed by atoms with E-state index in [9.17, 15) is 0 Å². The molecule has 2 N–H and O–H groups in total. The minimum Gasteiger partial charge on any atom is -0.438 e. The van der Waals surface area contributed by atoms with Crippen molar-refractivity contribution >= 4 is 10.9 Å². The number of fused-ring (bicyclic) bond motifs is 1. The monoisotopic (exact) mass is 469 g/mol. The summed E-state index contributed by atoms with van der Waals surface area (Å²) in [4.78, 5) is 13.7. The quantitative estimate of drug-likeness (QED) is 0.305. The Labute approximate surface area is 208 Å². The lowest BCUT2D eigenvalue weighted by Gasteiger charge is -2.14. The molecule has 6 nitrogen and oxygen atoms in total. The molecule has 3 aromatic heterocycles. The largest absolute Gasteiger partial charge is 0.438 e. The van der Waals surface area contributed by atoms with E-state index in [4.69, 9.17) is 15.5 Å². The maximum Gasteiger partial charge on any atom is 0.228 e. The van der Waals surface area contributed by atoms with E-state index < -0.39 is 0 Å². The van der Waals surface area contributed by atoms with Gasteiger partial charge in [0.2, 0.25) is 5.88 Å². The number of benzene rings is 3. The van der Waals surface area contributed by atoms with Crippen molar-refractivity contribution in [2.45, 2.75) is 6.54 Å². The Balaban J connectivity index is 1.44. The number of imidazole rings is 1. The van der Waals surface area contributed by atoms with Crippen LogP contribution in [0.25, 0.3) is 39.0 Å². The predicted octanol–water partition coefficient (Wildman–Crippen LogP) is 6.40. The molecule has 36 heavy (non-hydrogen) atoms. The lowest BCUT2D eigenvalue weighted by Crippen LogP contribution is -1.97. The normalized spacial score (nSPS) is 11.0. The summed E-state index contributed by atoms with van der Waals surface area (Å²) < 4.78 is 8.18. The van der Waals surface area contributed by atoms with Crippen LogP contribution in [0.4, 0.5) is 0 Å². The van der Waals surface area contributed by atoms with Crippen LogP contribution in [0.3, 0.4) is 0 Å². The summed E-state index contributed by atoms with van der Waals surface area (Å²) in [5.74, 6) is 1.21. The molecule has 174 valence electrons. The molecule has 0 saturated carbocycles. The van der Waals surface area contributed by atoms with Crippen molar-refractivity contribution in [1.82, 2.24) is 19.5 Å².